The molecule has 5 aromatic rings. The van der Waals surface area contributed by atoms with Crippen molar-refractivity contribution in [3.8, 4) is 5.75 Å². The average molecular weight is 516 g/mol. The van der Waals surface area contributed by atoms with E-state index in [1.165, 1.54) is 11.8 Å². The number of carbonyl (C=O) groups is 1. The summed E-state index contributed by atoms with van der Waals surface area (Å²) < 4.78 is 13.0. The number of nitrogens with zero attached hydrogens (tertiary/aromatic N) is 1. The predicted molar refractivity (Wildman–Crippen MR) is 145 cm³/mol. The van der Waals surface area contributed by atoms with Crippen LogP contribution in [0, 0.1) is 0 Å². The average Bonchev–Trinajstić information content (AvgIpc) is 3.51. The van der Waals surface area contributed by atoms with Gasteiger partial charge in [0.25, 0.3) is 0 Å². The summed E-state index contributed by atoms with van der Waals surface area (Å²) in [6.45, 7) is 0. The summed E-state index contributed by atoms with van der Waals surface area (Å²) in [5.41, 5.74) is 6.49. The van der Waals surface area contributed by atoms with Crippen molar-refractivity contribution >= 4 is 50.2 Å². The number of hydrogen-bond acceptors (Lipinski definition) is 7. The first-order valence-electron chi connectivity index (χ1n) is 11.7. The second-order valence-electron chi connectivity index (χ2n) is 8.75. The third kappa shape index (κ3) is 4.15. The smallest absolute Gasteiger partial charge is 0.323 e. The lowest BCUT2D eigenvalue weighted by Gasteiger charge is -2.30. The molecule has 0 radical (unpaired) electrons. The predicted octanol–water partition coefficient (Wildman–Crippen LogP) is 5.86. The number of thioether (sulfide) groups is 1. The molecule has 0 bridgehead atoms. The Hall–Kier alpha value is -3.33. The Kier molecular flexibility index (Phi) is 6.17. The zero-order valence-corrected chi connectivity index (χ0v) is 21.5. The molecule has 0 unspecified atom stereocenters. The minimum absolute atomic E-state index is 0.178. The molecule has 2 N–H and O–H groups in total. The first-order chi connectivity index (χ1) is 17.6. The van der Waals surface area contributed by atoms with E-state index >= 15 is 0 Å². The molecule has 6 rings (SSSR count). The zero-order chi connectivity index (χ0) is 24.6. The summed E-state index contributed by atoms with van der Waals surface area (Å²) in [5.74, 6) is 1.31. The highest BCUT2D eigenvalue weighted by atomic mass is 32.2. The maximum Gasteiger partial charge on any atom is 0.323 e. The molecule has 3 aromatic carbocycles. The van der Waals surface area contributed by atoms with Gasteiger partial charge in [0.1, 0.15) is 11.8 Å². The number of ether oxygens (including phenoxy) is 2. The number of fused-ring (bicyclic) bond motifs is 4. The molecule has 0 fully saturated rings. The number of aromatic nitrogens is 2. The summed E-state index contributed by atoms with van der Waals surface area (Å²) in [6.07, 6.45) is 0.582. The standard InChI is InChI=1S/C28H25N3O3S2/c1-33-23-12-11-16(13-17(23)15-35-28-31-21-9-5-6-10-24(21)36-28)25-26-19(14-22(30-25)27(32)34-2)18-7-3-4-8-20(18)29-26/h3-13,22,25,29-30H,14-15H2,1-2H3/t22-,25-/m1/s1. The van der Waals surface area contributed by atoms with Crippen molar-refractivity contribution in [1.29, 1.82) is 0 Å². The fourth-order valence-electron chi connectivity index (χ4n) is 4.93. The molecule has 182 valence electrons. The van der Waals surface area contributed by atoms with E-state index in [2.05, 4.69) is 40.6 Å². The molecular weight excluding hydrogens is 490 g/mol. The van der Waals surface area contributed by atoms with Gasteiger partial charge in [-0.05, 0) is 41.5 Å². The number of nitrogens with one attached hydrogen (secondary N) is 2. The Morgan fingerprint density at radius 1 is 1.11 bits per heavy atom. The van der Waals surface area contributed by atoms with Crippen LogP contribution in [-0.2, 0) is 21.7 Å². The second-order valence-corrected chi connectivity index (χ2v) is 11.0. The molecule has 2 aromatic heterocycles. The van der Waals surface area contributed by atoms with Gasteiger partial charge in [-0.1, -0.05) is 48.2 Å². The number of aromatic amines is 1. The van der Waals surface area contributed by atoms with Gasteiger partial charge in [0.2, 0.25) is 0 Å². The molecule has 1 aliphatic heterocycles. The van der Waals surface area contributed by atoms with E-state index in [1.807, 2.05) is 36.4 Å². The normalized spacial score (nSPS) is 17.3. The number of rotatable bonds is 6. The highest BCUT2D eigenvalue weighted by Gasteiger charge is 2.34. The van der Waals surface area contributed by atoms with E-state index in [-0.39, 0.29) is 12.0 Å². The number of hydrogen-bond donors (Lipinski definition) is 2. The van der Waals surface area contributed by atoms with Crippen LogP contribution in [0.15, 0.2) is 71.1 Å². The van der Waals surface area contributed by atoms with Crippen LogP contribution in [0.1, 0.15) is 28.4 Å². The van der Waals surface area contributed by atoms with Crippen LogP contribution in [0.2, 0.25) is 0 Å². The van der Waals surface area contributed by atoms with Gasteiger partial charge in [-0.2, -0.15) is 0 Å². The Balaban J connectivity index is 1.36. The van der Waals surface area contributed by atoms with Crippen molar-refractivity contribution in [3.05, 3.63) is 89.1 Å². The van der Waals surface area contributed by atoms with Crippen molar-refractivity contribution in [2.45, 2.75) is 28.6 Å². The third-order valence-electron chi connectivity index (χ3n) is 6.66. The van der Waals surface area contributed by atoms with Crippen molar-refractivity contribution < 1.29 is 14.3 Å². The fourth-order valence-corrected chi connectivity index (χ4v) is 6.98. The molecule has 36 heavy (non-hydrogen) atoms. The molecule has 3 heterocycles. The molecule has 2 atom stereocenters. The van der Waals surface area contributed by atoms with Gasteiger partial charge >= 0.3 is 5.97 Å². The monoisotopic (exact) mass is 515 g/mol. The molecule has 1 aliphatic rings. The van der Waals surface area contributed by atoms with Crippen LogP contribution in [0.25, 0.3) is 21.1 Å². The van der Waals surface area contributed by atoms with Crippen LogP contribution in [0.5, 0.6) is 5.75 Å². The maximum absolute atomic E-state index is 12.6. The number of thiazole rings is 1. The highest BCUT2D eigenvalue weighted by molar-refractivity contribution is 8.00. The summed E-state index contributed by atoms with van der Waals surface area (Å²) >= 11 is 3.41. The van der Waals surface area contributed by atoms with E-state index in [9.17, 15) is 4.79 Å². The van der Waals surface area contributed by atoms with E-state index < -0.39 is 6.04 Å². The van der Waals surface area contributed by atoms with Gasteiger partial charge in [0.15, 0.2) is 4.34 Å². The lowest BCUT2D eigenvalue weighted by atomic mass is 9.89. The van der Waals surface area contributed by atoms with Crippen LogP contribution in [-0.4, -0.2) is 36.2 Å². The molecule has 6 nitrogen and oxygen atoms in total. The molecule has 0 spiro atoms. The molecule has 0 amide bonds. The molecular formula is C28H25N3O3S2. The number of H-pyrrole nitrogens is 1. The van der Waals surface area contributed by atoms with E-state index in [4.69, 9.17) is 14.5 Å². The van der Waals surface area contributed by atoms with Gasteiger partial charge in [0, 0.05) is 34.3 Å². The van der Waals surface area contributed by atoms with E-state index in [0.29, 0.717) is 6.42 Å². The minimum Gasteiger partial charge on any atom is -0.496 e. The SMILES string of the molecule is COC(=O)[C@H]1Cc2c([nH]c3ccccc23)[C@@H](c2ccc(OC)c(CSc3nc4ccccc4s3)c2)N1. The van der Waals surface area contributed by atoms with Crippen LogP contribution in [0.4, 0.5) is 0 Å². The Morgan fingerprint density at radius 3 is 2.78 bits per heavy atom. The number of carbonyl (C=O) groups excluding carboxylic acids is 1. The summed E-state index contributed by atoms with van der Waals surface area (Å²) in [4.78, 5) is 21.0. The summed E-state index contributed by atoms with van der Waals surface area (Å²) in [6, 6.07) is 22.1. The number of esters is 1. The summed E-state index contributed by atoms with van der Waals surface area (Å²) in [5, 5.41) is 4.68. The molecule has 0 saturated carbocycles. The largest absolute Gasteiger partial charge is 0.496 e. The fraction of sp³-hybridized carbons (Fsp3) is 0.214. The second kappa shape index (κ2) is 9.61. The van der Waals surface area contributed by atoms with E-state index in [1.54, 1.807) is 30.2 Å². The number of para-hydroxylation sites is 2. The van der Waals surface area contributed by atoms with Crippen molar-refractivity contribution in [1.82, 2.24) is 15.3 Å². The van der Waals surface area contributed by atoms with Gasteiger partial charge in [-0.15, -0.1) is 11.3 Å². The van der Waals surface area contributed by atoms with Crippen molar-refractivity contribution in [2.75, 3.05) is 14.2 Å². The van der Waals surface area contributed by atoms with Crippen LogP contribution < -0.4 is 10.1 Å². The highest BCUT2D eigenvalue weighted by Crippen LogP contribution is 2.38. The maximum atomic E-state index is 12.6. The number of methoxy groups -OCH3 is 2. The van der Waals surface area contributed by atoms with Gasteiger partial charge in [-0.3, -0.25) is 10.1 Å². The van der Waals surface area contributed by atoms with Gasteiger partial charge in [-0.25, -0.2) is 4.98 Å². The molecule has 0 saturated heterocycles. The van der Waals surface area contributed by atoms with Crippen molar-refractivity contribution in [3.63, 3.8) is 0 Å². The Bertz CT molecular complexity index is 1540. The first-order valence-corrected chi connectivity index (χ1v) is 13.5. The number of benzene rings is 3. The lowest BCUT2D eigenvalue weighted by Crippen LogP contribution is -2.45. The Labute approximate surface area is 217 Å². The molecule has 0 aliphatic carbocycles. The molecule has 8 heteroatoms. The van der Waals surface area contributed by atoms with Gasteiger partial charge < -0.3 is 14.5 Å². The van der Waals surface area contributed by atoms with Crippen LogP contribution >= 0.6 is 23.1 Å². The minimum atomic E-state index is -0.422. The topological polar surface area (TPSA) is 76.2 Å². The van der Waals surface area contributed by atoms with Crippen LogP contribution in [0.3, 0.4) is 0 Å². The Morgan fingerprint density at radius 2 is 1.94 bits per heavy atom. The first kappa shape index (κ1) is 23.1. The van der Waals surface area contributed by atoms with Crippen molar-refractivity contribution in [2.24, 2.45) is 0 Å². The summed E-state index contributed by atoms with van der Waals surface area (Å²) in [7, 11) is 3.14. The quantitative estimate of drug-likeness (QED) is 0.218. The van der Waals surface area contributed by atoms with Gasteiger partial charge in [0.05, 0.1) is 30.5 Å². The third-order valence-corrected chi connectivity index (χ3v) is 8.89. The lowest BCUT2D eigenvalue weighted by molar-refractivity contribution is -0.143. The zero-order valence-electron chi connectivity index (χ0n) is 19.9. The van der Waals surface area contributed by atoms with E-state index in [0.717, 1.165) is 54.6 Å².